The Hall–Kier alpha value is -3.46. The van der Waals surface area contributed by atoms with Gasteiger partial charge >= 0.3 is 0 Å². The van der Waals surface area contributed by atoms with E-state index in [1.54, 1.807) is 16.9 Å². The largest absolute Gasteiger partial charge is 0.497 e. The number of methoxy groups -OCH3 is 2. The van der Waals surface area contributed by atoms with Crippen LogP contribution in [0.4, 0.5) is 0 Å². The van der Waals surface area contributed by atoms with Crippen molar-refractivity contribution in [3.05, 3.63) is 52.5 Å². The van der Waals surface area contributed by atoms with Gasteiger partial charge in [-0.25, -0.2) is 0 Å². The average molecular weight is 490 g/mol. The molecule has 2 aromatic rings. The molecule has 0 saturated carbocycles. The first-order chi connectivity index (χ1) is 16.3. The number of hydrogen-bond acceptors (Lipinski definition) is 6. The Balaban J connectivity index is 1.55. The molecular formula is C24H28ClN3O6. The number of piperazine rings is 1. The highest BCUT2D eigenvalue weighted by molar-refractivity contribution is 6.32. The van der Waals surface area contributed by atoms with Crippen molar-refractivity contribution in [3.63, 3.8) is 0 Å². The van der Waals surface area contributed by atoms with Crippen molar-refractivity contribution in [2.45, 2.75) is 12.8 Å². The molecule has 2 N–H and O–H groups in total. The van der Waals surface area contributed by atoms with E-state index in [1.165, 1.54) is 19.2 Å². The number of carbonyl (C=O) groups is 3. The zero-order valence-electron chi connectivity index (χ0n) is 19.2. The van der Waals surface area contributed by atoms with E-state index < -0.39 is 5.91 Å². The fourth-order valence-corrected chi connectivity index (χ4v) is 3.94. The zero-order chi connectivity index (χ0) is 24.7. The Bertz CT molecular complexity index is 1040. The van der Waals surface area contributed by atoms with Crippen molar-refractivity contribution in [1.29, 1.82) is 0 Å². The molecule has 0 bridgehead atoms. The average Bonchev–Trinajstić information content (AvgIpc) is 2.85. The van der Waals surface area contributed by atoms with Crippen LogP contribution in [0.2, 0.25) is 5.02 Å². The first-order valence-corrected chi connectivity index (χ1v) is 11.2. The lowest BCUT2D eigenvalue weighted by molar-refractivity contribution is -0.132. The van der Waals surface area contributed by atoms with Crippen molar-refractivity contribution in [2.24, 2.45) is 5.73 Å². The molecule has 1 saturated heterocycles. The zero-order valence-corrected chi connectivity index (χ0v) is 20.0. The maximum absolute atomic E-state index is 13.0. The van der Waals surface area contributed by atoms with E-state index in [-0.39, 0.29) is 34.9 Å². The number of amides is 3. The van der Waals surface area contributed by atoms with E-state index in [9.17, 15) is 14.4 Å². The molecule has 10 heteroatoms. The fraction of sp³-hybridized carbons (Fsp3) is 0.375. The van der Waals surface area contributed by atoms with Crippen molar-refractivity contribution in [1.82, 2.24) is 9.80 Å². The predicted molar refractivity (Wildman–Crippen MR) is 126 cm³/mol. The Morgan fingerprint density at radius 3 is 2.21 bits per heavy atom. The molecule has 3 rings (SSSR count). The lowest BCUT2D eigenvalue weighted by Gasteiger charge is -2.35. The van der Waals surface area contributed by atoms with Crippen molar-refractivity contribution in [2.75, 3.05) is 47.0 Å². The molecule has 0 radical (unpaired) electrons. The maximum atomic E-state index is 13.0. The van der Waals surface area contributed by atoms with Gasteiger partial charge in [0.05, 0.1) is 19.2 Å². The van der Waals surface area contributed by atoms with Crippen molar-refractivity contribution < 1.29 is 28.6 Å². The highest BCUT2D eigenvalue weighted by Gasteiger charge is 2.26. The van der Waals surface area contributed by atoms with Gasteiger partial charge in [0, 0.05) is 38.2 Å². The second-order valence-corrected chi connectivity index (χ2v) is 8.17. The summed E-state index contributed by atoms with van der Waals surface area (Å²) in [6.45, 7) is 1.37. The molecule has 2 aromatic carbocycles. The van der Waals surface area contributed by atoms with Gasteiger partial charge in [0.1, 0.15) is 5.75 Å². The van der Waals surface area contributed by atoms with Crippen LogP contribution in [0.25, 0.3) is 0 Å². The van der Waals surface area contributed by atoms with E-state index in [0.29, 0.717) is 44.6 Å². The third-order valence-corrected chi connectivity index (χ3v) is 5.82. The van der Waals surface area contributed by atoms with E-state index in [2.05, 4.69) is 0 Å². The smallest absolute Gasteiger partial charge is 0.255 e. The third kappa shape index (κ3) is 6.32. The number of benzene rings is 2. The van der Waals surface area contributed by atoms with Crippen LogP contribution in [-0.2, 0) is 16.0 Å². The molecule has 0 unspecified atom stereocenters. The minimum atomic E-state index is -0.658. The van der Waals surface area contributed by atoms with Crippen molar-refractivity contribution >= 4 is 29.3 Å². The van der Waals surface area contributed by atoms with Gasteiger partial charge in [-0.2, -0.15) is 0 Å². The normalized spacial score (nSPS) is 13.4. The Morgan fingerprint density at radius 1 is 0.971 bits per heavy atom. The van der Waals surface area contributed by atoms with Crippen LogP contribution >= 0.6 is 11.6 Å². The Kier molecular flexibility index (Phi) is 8.59. The van der Waals surface area contributed by atoms with Crippen LogP contribution < -0.4 is 19.9 Å². The number of nitrogens with zero attached hydrogens (tertiary/aromatic N) is 2. The van der Waals surface area contributed by atoms with E-state index in [0.717, 1.165) is 11.3 Å². The summed E-state index contributed by atoms with van der Waals surface area (Å²) in [6, 6.07) is 10.6. The summed E-state index contributed by atoms with van der Waals surface area (Å²) in [7, 11) is 3.03. The number of hydrogen-bond donors (Lipinski definition) is 1. The molecule has 0 aromatic heterocycles. The number of halogens is 1. The monoisotopic (exact) mass is 489 g/mol. The second kappa shape index (κ2) is 11.6. The number of aryl methyl sites for hydroxylation is 1. The number of ether oxygens (including phenoxy) is 3. The molecule has 34 heavy (non-hydrogen) atoms. The van der Waals surface area contributed by atoms with Crippen LogP contribution in [0.5, 0.6) is 17.2 Å². The summed E-state index contributed by atoms with van der Waals surface area (Å²) < 4.78 is 15.7. The van der Waals surface area contributed by atoms with Crippen LogP contribution in [0.3, 0.4) is 0 Å². The van der Waals surface area contributed by atoms with Gasteiger partial charge in [0.25, 0.3) is 11.8 Å². The lowest BCUT2D eigenvalue weighted by atomic mass is 10.1. The van der Waals surface area contributed by atoms with Gasteiger partial charge in [-0.05, 0) is 36.2 Å². The Labute approximate surface area is 203 Å². The van der Waals surface area contributed by atoms with Gasteiger partial charge in [-0.15, -0.1) is 0 Å². The second-order valence-electron chi connectivity index (χ2n) is 7.77. The van der Waals surface area contributed by atoms with Crippen LogP contribution in [-0.4, -0.2) is 74.5 Å². The molecular weight excluding hydrogens is 462 g/mol. The van der Waals surface area contributed by atoms with Crippen LogP contribution in [0, 0.1) is 0 Å². The summed E-state index contributed by atoms with van der Waals surface area (Å²) in [5.41, 5.74) is 6.50. The minimum Gasteiger partial charge on any atom is -0.497 e. The molecule has 0 aliphatic carbocycles. The summed E-state index contributed by atoms with van der Waals surface area (Å²) in [4.78, 5) is 40.1. The van der Waals surface area contributed by atoms with Crippen LogP contribution in [0.15, 0.2) is 36.4 Å². The first kappa shape index (κ1) is 25.2. The number of primary amides is 1. The summed E-state index contributed by atoms with van der Waals surface area (Å²) >= 11 is 6.26. The van der Waals surface area contributed by atoms with Gasteiger partial charge in [0.15, 0.2) is 18.1 Å². The van der Waals surface area contributed by atoms with E-state index in [1.807, 2.05) is 24.3 Å². The first-order valence-electron chi connectivity index (χ1n) is 10.8. The van der Waals surface area contributed by atoms with Gasteiger partial charge in [-0.1, -0.05) is 23.7 Å². The van der Waals surface area contributed by atoms with Gasteiger partial charge in [-0.3, -0.25) is 14.4 Å². The van der Waals surface area contributed by atoms with Gasteiger partial charge in [0.2, 0.25) is 5.91 Å². The summed E-state index contributed by atoms with van der Waals surface area (Å²) in [5.74, 6) is 0.323. The molecule has 1 aliphatic rings. The number of rotatable bonds is 9. The third-order valence-electron chi connectivity index (χ3n) is 5.54. The molecule has 0 spiro atoms. The maximum Gasteiger partial charge on any atom is 0.255 e. The van der Waals surface area contributed by atoms with E-state index >= 15 is 0 Å². The molecule has 1 heterocycles. The minimum absolute atomic E-state index is 0.0589. The molecule has 3 amide bonds. The SMILES string of the molecule is COc1ccc(CCC(=O)N2CCN(C(=O)c3cc(Cl)c(OCC(N)=O)c(OC)c3)CC2)cc1. The molecule has 0 atom stereocenters. The summed E-state index contributed by atoms with van der Waals surface area (Å²) in [6.07, 6.45) is 1.05. The standard InChI is InChI=1S/C24H28ClN3O6/c1-32-18-6-3-16(4-7-18)5-8-22(30)27-9-11-28(12-10-27)24(31)17-13-19(25)23(20(14-17)33-2)34-15-21(26)29/h3-4,6-7,13-14H,5,8-12,15H2,1-2H3,(H2,26,29). The molecule has 182 valence electrons. The molecule has 1 aliphatic heterocycles. The predicted octanol–water partition coefficient (Wildman–Crippen LogP) is 2.14. The topological polar surface area (TPSA) is 111 Å². The van der Waals surface area contributed by atoms with Crippen LogP contribution in [0.1, 0.15) is 22.3 Å². The van der Waals surface area contributed by atoms with Gasteiger partial charge < -0.3 is 29.7 Å². The van der Waals surface area contributed by atoms with Crippen molar-refractivity contribution in [3.8, 4) is 17.2 Å². The Morgan fingerprint density at radius 2 is 1.62 bits per heavy atom. The lowest BCUT2D eigenvalue weighted by Crippen LogP contribution is -2.50. The van der Waals surface area contributed by atoms with E-state index in [4.69, 9.17) is 31.5 Å². The highest BCUT2D eigenvalue weighted by atomic mass is 35.5. The highest BCUT2D eigenvalue weighted by Crippen LogP contribution is 2.36. The molecule has 9 nitrogen and oxygen atoms in total. The number of nitrogens with two attached hydrogens (primary N) is 1. The number of carbonyl (C=O) groups excluding carboxylic acids is 3. The fourth-order valence-electron chi connectivity index (χ4n) is 3.67. The quantitative estimate of drug-likeness (QED) is 0.577. The molecule has 1 fully saturated rings. The summed E-state index contributed by atoms with van der Waals surface area (Å²) in [5, 5.41) is 0.135.